The van der Waals surface area contributed by atoms with E-state index < -0.39 is 17.8 Å². The van der Waals surface area contributed by atoms with Crippen LogP contribution in [0.3, 0.4) is 0 Å². The topological polar surface area (TPSA) is 61.8 Å². The van der Waals surface area contributed by atoms with Gasteiger partial charge in [0.05, 0.1) is 6.10 Å². The van der Waals surface area contributed by atoms with E-state index in [4.69, 9.17) is 4.74 Å². The number of carbonyl (C=O) groups is 1. The van der Waals surface area contributed by atoms with Gasteiger partial charge in [0.15, 0.2) is 0 Å². The summed E-state index contributed by atoms with van der Waals surface area (Å²) in [5.74, 6) is 0. The number of nitrogens with zero attached hydrogens (tertiary/aromatic N) is 1. The maximum Gasteiger partial charge on any atom is 0.410 e. The van der Waals surface area contributed by atoms with Crippen LogP contribution in [0.15, 0.2) is 28.7 Å². The van der Waals surface area contributed by atoms with Crippen molar-refractivity contribution in [2.75, 3.05) is 19.6 Å². The maximum atomic E-state index is 12.3. The highest BCUT2D eigenvalue weighted by Gasteiger charge is 2.23. The lowest BCUT2D eigenvalue weighted by atomic mass is 10.0. The minimum absolute atomic E-state index is 0.222. The predicted molar refractivity (Wildman–Crippen MR) is 105 cm³/mol. The molecule has 0 saturated carbocycles. The number of benzene rings is 1. The summed E-state index contributed by atoms with van der Waals surface area (Å²) in [6, 6.07) is 8.46. The molecule has 0 bridgehead atoms. The highest BCUT2D eigenvalue weighted by molar-refractivity contribution is 9.10. The number of aliphatic hydroxyl groups excluding tert-OH is 1. The van der Waals surface area contributed by atoms with Crippen molar-refractivity contribution in [1.82, 2.24) is 10.2 Å². The van der Waals surface area contributed by atoms with Crippen LogP contribution >= 0.6 is 15.9 Å². The molecule has 1 rings (SSSR count). The van der Waals surface area contributed by atoms with Gasteiger partial charge in [-0.2, -0.15) is 0 Å². The summed E-state index contributed by atoms with van der Waals surface area (Å²) in [5, 5.41) is 13.1. The van der Waals surface area contributed by atoms with E-state index in [0.29, 0.717) is 13.1 Å². The molecule has 2 atom stereocenters. The van der Waals surface area contributed by atoms with Gasteiger partial charge < -0.3 is 20.1 Å². The number of aliphatic hydroxyl groups is 1. The van der Waals surface area contributed by atoms with E-state index in [0.717, 1.165) is 10.9 Å². The smallest absolute Gasteiger partial charge is 0.410 e. The van der Waals surface area contributed by atoms with Crippen LogP contribution in [0.1, 0.15) is 52.6 Å². The quantitative estimate of drug-likeness (QED) is 0.671. The predicted octanol–water partition coefficient (Wildman–Crippen LogP) is 4.11. The summed E-state index contributed by atoms with van der Waals surface area (Å²) in [7, 11) is 0. The molecule has 1 aromatic rings. The lowest BCUT2D eigenvalue weighted by Crippen LogP contribution is -2.43. The molecule has 0 aliphatic rings. The van der Waals surface area contributed by atoms with Crippen molar-refractivity contribution >= 4 is 22.0 Å². The summed E-state index contributed by atoms with van der Waals surface area (Å²) in [5.41, 5.74) is 0.662. The normalized spacial score (nSPS) is 14.0. The van der Waals surface area contributed by atoms with Crippen molar-refractivity contribution in [2.45, 2.75) is 58.8 Å². The van der Waals surface area contributed by atoms with Crippen molar-refractivity contribution in [3.05, 3.63) is 34.3 Å². The largest absolute Gasteiger partial charge is 0.444 e. The number of carbonyl (C=O) groups excluding carboxylic acids is 1. The van der Waals surface area contributed by atoms with Gasteiger partial charge in [0, 0.05) is 30.1 Å². The van der Waals surface area contributed by atoms with Crippen LogP contribution < -0.4 is 5.32 Å². The molecule has 25 heavy (non-hydrogen) atoms. The molecule has 2 unspecified atom stereocenters. The second-order valence-corrected chi connectivity index (χ2v) is 8.16. The zero-order valence-electron chi connectivity index (χ0n) is 15.9. The Morgan fingerprint density at radius 3 is 2.40 bits per heavy atom. The summed E-state index contributed by atoms with van der Waals surface area (Å²) >= 11 is 3.45. The Morgan fingerprint density at radius 2 is 1.92 bits per heavy atom. The monoisotopic (exact) mass is 414 g/mol. The SMILES string of the molecule is CCC(NCCN(CC(C)O)C(=O)OC(C)(C)C)c1ccc(Br)cc1. The van der Waals surface area contributed by atoms with E-state index in [1.165, 1.54) is 5.56 Å². The van der Waals surface area contributed by atoms with Gasteiger partial charge in [-0.3, -0.25) is 0 Å². The molecule has 0 fully saturated rings. The zero-order valence-corrected chi connectivity index (χ0v) is 17.5. The highest BCUT2D eigenvalue weighted by Crippen LogP contribution is 2.19. The van der Waals surface area contributed by atoms with Crippen LogP contribution in [0.2, 0.25) is 0 Å². The molecule has 1 amide bonds. The number of hydrogen-bond acceptors (Lipinski definition) is 4. The van der Waals surface area contributed by atoms with Crippen molar-refractivity contribution < 1.29 is 14.6 Å². The Kier molecular flexibility index (Phi) is 8.89. The third-order valence-electron chi connectivity index (χ3n) is 3.59. The molecule has 5 nitrogen and oxygen atoms in total. The number of nitrogens with one attached hydrogen (secondary N) is 1. The van der Waals surface area contributed by atoms with E-state index in [1.54, 1.807) is 11.8 Å². The lowest BCUT2D eigenvalue weighted by Gasteiger charge is -2.29. The molecule has 1 aromatic carbocycles. The highest BCUT2D eigenvalue weighted by atomic mass is 79.9. The van der Waals surface area contributed by atoms with Crippen molar-refractivity contribution in [1.29, 1.82) is 0 Å². The van der Waals surface area contributed by atoms with Gasteiger partial charge in [0.25, 0.3) is 0 Å². The number of hydrogen-bond donors (Lipinski definition) is 2. The van der Waals surface area contributed by atoms with Crippen LogP contribution in [0, 0.1) is 0 Å². The minimum atomic E-state index is -0.596. The van der Waals surface area contributed by atoms with Crippen molar-refractivity contribution in [3.8, 4) is 0 Å². The first kappa shape index (κ1) is 21.9. The number of rotatable bonds is 8. The maximum absolute atomic E-state index is 12.3. The first-order chi connectivity index (χ1) is 11.6. The fourth-order valence-electron chi connectivity index (χ4n) is 2.47. The average molecular weight is 415 g/mol. The van der Waals surface area contributed by atoms with E-state index in [1.807, 2.05) is 32.9 Å². The molecular weight excluding hydrogens is 384 g/mol. The summed E-state index contributed by atoms with van der Waals surface area (Å²) in [6.07, 6.45) is -0.0438. The molecule has 2 N–H and O–H groups in total. The summed E-state index contributed by atoms with van der Waals surface area (Å²) in [4.78, 5) is 13.9. The van der Waals surface area contributed by atoms with Gasteiger partial charge in [-0.15, -0.1) is 0 Å². The van der Waals surface area contributed by atoms with E-state index in [9.17, 15) is 9.90 Å². The van der Waals surface area contributed by atoms with Crippen LogP contribution in [-0.2, 0) is 4.74 Å². The van der Waals surface area contributed by atoms with E-state index in [-0.39, 0.29) is 12.6 Å². The zero-order chi connectivity index (χ0) is 19.0. The van der Waals surface area contributed by atoms with Gasteiger partial charge in [0.2, 0.25) is 0 Å². The Balaban J connectivity index is 2.62. The third kappa shape index (κ3) is 8.70. The van der Waals surface area contributed by atoms with Crippen molar-refractivity contribution in [2.24, 2.45) is 0 Å². The molecule has 0 saturated heterocycles. The molecule has 0 radical (unpaired) electrons. The van der Waals surface area contributed by atoms with Gasteiger partial charge in [-0.05, 0) is 51.8 Å². The number of amides is 1. The molecule has 0 aliphatic heterocycles. The molecule has 0 heterocycles. The van der Waals surface area contributed by atoms with Crippen molar-refractivity contribution in [3.63, 3.8) is 0 Å². The number of ether oxygens (including phenoxy) is 1. The molecule has 142 valence electrons. The van der Waals surface area contributed by atoms with Gasteiger partial charge in [0.1, 0.15) is 5.60 Å². The third-order valence-corrected chi connectivity index (χ3v) is 4.12. The molecule has 0 spiro atoms. The Morgan fingerprint density at radius 1 is 1.32 bits per heavy atom. The Labute approximate surface area is 159 Å². The molecule has 0 aliphatic carbocycles. The van der Waals surface area contributed by atoms with Crippen LogP contribution in [0.5, 0.6) is 0 Å². The standard InChI is InChI=1S/C19H31BrN2O3/c1-6-17(15-7-9-16(20)10-8-15)21-11-12-22(13-14(2)23)18(24)25-19(3,4)5/h7-10,14,17,21,23H,6,11-13H2,1-5H3. The van der Waals surface area contributed by atoms with Crippen LogP contribution in [0.25, 0.3) is 0 Å². The summed E-state index contributed by atoms with van der Waals surface area (Å²) < 4.78 is 6.48. The van der Waals surface area contributed by atoms with E-state index in [2.05, 4.69) is 40.3 Å². The van der Waals surface area contributed by atoms with E-state index >= 15 is 0 Å². The Hall–Kier alpha value is -1.11. The fourth-order valence-corrected chi connectivity index (χ4v) is 2.73. The first-order valence-corrected chi connectivity index (χ1v) is 9.56. The second kappa shape index (κ2) is 10.1. The summed E-state index contributed by atoms with van der Waals surface area (Å²) in [6.45, 7) is 10.7. The molecule has 6 heteroatoms. The average Bonchev–Trinajstić information content (AvgIpc) is 2.49. The first-order valence-electron chi connectivity index (χ1n) is 8.77. The van der Waals surface area contributed by atoms with Crippen LogP contribution in [-0.4, -0.2) is 47.4 Å². The number of halogens is 1. The van der Waals surface area contributed by atoms with Crippen LogP contribution in [0.4, 0.5) is 4.79 Å². The van der Waals surface area contributed by atoms with Gasteiger partial charge in [-0.25, -0.2) is 4.79 Å². The van der Waals surface area contributed by atoms with Gasteiger partial charge >= 0.3 is 6.09 Å². The fraction of sp³-hybridized carbons (Fsp3) is 0.632. The molecule has 0 aromatic heterocycles. The van der Waals surface area contributed by atoms with Gasteiger partial charge in [-0.1, -0.05) is 35.0 Å². The lowest BCUT2D eigenvalue weighted by molar-refractivity contribution is 0.0163. The minimum Gasteiger partial charge on any atom is -0.444 e. The molecular formula is C19H31BrN2O3. The second-order valence-electron chi connectivity index (χ2n) is 7.24. The Bertz CT molecular complexity index is 526.